The number of benzene rings is 1. The molecular formula is C20H27ClFN3O3. The minimum Gasteiger partial charge on any atom is -0.460 e. The Morgan fingerprint density at radius 2 is 2.07 bits per heavy atom. The highest BCUT2D eigenvalue weighted by molar-refractivity contribution is 6.35. The quantitative estimate of drug-likeness (QED) is 0.657. The molecule has 1 aromatic heterocycles. The van der Waals surface area contributed by atoms with E-state index in [4.69, 9.17) is 21.8 Å². The van der Waals surface area contributed by atoms with Crippen LogP contribution in [0.4, 0.5) is 10.1 Å². The van der Waals surface area contributed by atoms with E-state index in [9.17, 15) is 9.90 Å². The van der Waals surface area contributed by atoms with Crippen molar-refractivity contribution >= 4 is 34.2 Å². The number of fused-ring (bicyclic) bond motifs is 1. The maximum Gasteiger partial charge on any atom is 0.255 e. The zero-order chi connectivity index (χ0) is 20.7. The number of hydrogen-bond acceptors (Lipinski definition) is 5. The Bertz CT molecular complexity index is 883. The van der Waals surface area contributed by atoms with Gasteiger partial charge in [0.2, 0.25) is 0 Å². The number of likely N-dealkylation sites (tertiary alicyclic amines) is 1. The highest BCUT2D eigenvalue weighted by Crippen LogP contribution is 2.34. The van der Waals surface area contributed by atoms with Crippen LogP contribution in [0.15, 0.2) is 16.5 Å². The van der Waals surface area contributed by atoms with Crippen molar-refractivity contribution < 1.29 is 18.7 Å². The number of β-amino-alcohol motifs (C(OH)–C–C–N with tert-alkyl or cyclic N) is 1. The summed E-state index contributed by atoms with van der Waals surface area (Å²) in [5, 5.41) is 13.4. The minimum atomic E-state index is -1.48. The standard InChI is InChI=1S/C20H27ClFN3O3/c1-12-8-13-16(23)15(21)9-14(17(13)28-12)18(26)24-10-20(22)4-6-25(7-5-20)11-19(2,3)27/h8-9,27H,4-7,10-11,23H2,1-3H3,(H,24,26). The molecule has 0 bridgehead atoms. The fraction of sp³-hybridized carbons (Fsp3) is 0.550. The molecule has 0 spiro atoms. The summed E-state index contributed by atoms with van der Waals surface area (Å²) < 4.78 is 20.8. The second kappa shape index (κ2) is 7.54. The van der Waals surface area contributed by atoms with Crippen molar-refractivity contribution in [3.63, 3.8) is 0 Å². The van der Waals surface area contributed by atoms with Crippen LogP contribution in [0.3, 0.4) is 0 Å². The zero-order valence-corrected chi connectivity index (χ0v) is 17.2. The summed E-state index contributed by atoms with van der Waals surface area (Å²) in [5.74, 6) is 0.163. The number of nitrogen functional groups attached to an aromatic ring is 1. The number of carbonyl (C=O) groups is 1. The van der Waals surface area contributed by atoms with E-state index in [0.29, 0.717) is 54.9 Å². The molecule has 2 aromatic rings. The van der Waals surface area contributed by atoms with Crippen LogP contribution in [0.25, 0.3) is 11.0 Å². The van der Waals surface area contributed by atoms with Crippen LogP contribution in [-0.2, 0) is 0 Å². The highest BCUT2D eigenvalue weighted by Gasteiger charge is 2.36. The molecule has 8 heteroatoms. The molecule has 0 radical (unpaired) electrons. The van der Waals surface area contributed by atoms with E-state index in [0.717, 1.165) is 0 Å². The first-order valence-corrected chi connectivity index (χ1v) is 9.75. The van der Waals surface area contributed by atoms with Crippen molar-refractivity contribution in [1.82, 2.24) is 10.2 Å². The Morgan fingerprint density at radius 3 is 2.68 bits per heavy atom. The first-order chi connectivity index (χ1) is 13.0. The number of halogens is 2. The Kier molecular flexibility index (Phi) is 5.62. The molecule has 3 rings (SSSR count). The second-order valence-corrected chi connectivity index (χ2v) is 8.75. The number of aliphatic hydroxyl groups is 1. The molecule has 0 saturated carbocycles. The molecule has 1 saturated heterocycles. The summed E-state index contributed by atoms with van der Waals surface area (Å²) in [4.78, 5) is 14.7. The van der Waals surface area contributed by atoms with Gasteiger partial charge >= 0.3 is 0 Å². The van der Waals surface area contributed by atoms with Crippen LogP contribution >= 0.6 is 11.6 Å². The molecule has 6 nitrogen and oxygen atoms in total. The smallest absolute Gasteiger partial charge is 0.255 e. The molecule has 2 heterocycles. The topological polar surface area (TPSA) is 91.7 Å². The number of furan rings is 1. The molecule has 0 unspecified atom stereocenters. The van der Waals surface area contributed by atoms with Crippen LogP contribution in [0.1, 0.15) is 42.8 Å². The average molecular weight is 412 g/mol. The largest absolute Gasteiger partial charge is 0.460 e. The Hall–Kier alpha value is -1.83. The predicted molar refractivity (Wildman–Crippen MR) is 109 cm³/mol. The van der Waals surface area contributed by atoms with Crippen LogP contribution in [0.2, 0.25) is 5.02 Å². The monoisotopic (exact) mass is 411 g/mol. The van der Waals surface area contributed by atoms with E-state index in [-0.39, 0.29) is 17.1 Å². The fourth-order valence-electron chi connectivity index (χ4n) is 3.65. The summed E-state index contributed by atoms with van der Waals surface area (Å²) >= 11 is 6.14. The summed E-state index contributed by atoms with van der Waals surface area (Å²) in [5.41, 5.74) is 4.61. The molecule has 1 aromatic carbocycles. The zero-order valence-electron chi connectivity index (χ0n) is 16.4. The molecule has 1 amide bonds. The molecule has 154 valence electrons. The first-order valence-electron chi connectivity index (χ1n) is 9.37. The van der Waals surface area contributed by atoms with Gasteiger partial charge in [0, 0.05) is 25.0 Å². The second-order valence-electron chi connectivity index (χ2n) is 8.34. The van der Waals surface area contributed by atoms with E-state index in [1.54, 1.807) is 26.8 Å². The van der Waals surface area contributed by atoms with Gasteiger partial charge in [-0.15, -0.1) is 0 Å². The Morgan fingerprint density at radius 1 is 1.43 bits per heavy atom. The van der Waals surface area contributed by atoms with Crippen molar-refractivity contribution in [2.24, 2.45) is 0 Å². The van der Waals surface area contributed by atoms with E-state index >= 15 is 4.39 Å². The lowest BCUT2D eigenvalue weighted by molar-refractivity contribution is -0.000322. The number of aryl methyl sites for hydroxylation is 1. The number of nitrogens with one attached hydrogen (secondary N) is 1. The van der Waals surface area contributed by atoms with Gasteiger partial charge < -0.3 is 25.5 Å². The molecule has 0 atom stereocenters. The van der Waals surface area contributed by atoms with Gasteiger partial charge in [-0.2, -0.15) is 0 Å². The number of anilines is 1. The summed E-state index contributed by atoms with van der Waals surface area (Å²) in [6.45, 7) is 6.70. The number of hydrogen-bond donors (Lipinski definition) is 3. The molecule has 4 N–H and O–H groups in total. The molecule has 0 aliphatic carbocycles. The van der Waals surface area contributed by atoms with Gasteiger partial charge in [-0.1, -0.05) is 11.6 Å². The van der Waals surface area contributed by atoms with Crippen LogP contribution in [-0.4, -0.2) is 53.4 Å². The highest BCUT2D eigenvalue weighted by atomic mass is 35.5. The maximum atomic E-state index is 15.1. The van der Waals surface area contributed by atoms with E-state index in [1.807, 2.05) is 4.90 Å². The SMILES string of the molecule is Cc1cc2c(N)c(Cl)cc(C(=O)NCC3(F)CCN(CC(C)(C)O)CC3)c2o1. The van der Waals surface area contributed by atoms with Gasteiger partial charge in [0.15, 0.2) is 0 Å². The van der Waals surface area contributed by atoms with Crippen LogP contribution < -0.4 is 11.1 Å². The normalized spacial score (nSPS) is 17.8. The Labute approximate surface area is 168 Å². The predicted octanol–water partition coefficient (Wildman–Crippen LogP) is 3.28. The summed E-state index contributed by atoms with van der Waals surface area (Å²) in [6.07, 6.45) is 0.586. The third-order valence-corrected chi connectivity index (χ3v) is 5.40. The van der Waals surface area contributed by atoms with E-state index < -0.39 is 17.2 Å². The van der Waals surface area contributed by atoms with E-state index in [2.05, 4.69) is 5.32 Å². The van der Waals surface area contributed by atoms with Crippen molar-refractivity contribution in [1.29, 1.82) is 0 Å². The van der Waals surface area contributed by atoms with Crippen molar-refractivity contribution in [2.75, 3.05) is 31.9 Å². The maximum absolute atomic E-state index is 15.1. The molecular weight excluding hydrogens is 385 g/mol. The fourth-order valence-corrected chi connectivity index (χ4v) is 3.86. The van der Waals surface area contributed by atoms with Gasteiger partial charge in [0.05, 0.1) is 28.4 Å². The van der Waals surface area contributed by atoms with Crippen molar-refractivity contribution in [2.45, 2.75) is 44.9 Å². The van der Waals surface area contributed by atoms with E-state index in [1.165, 1.54) is 6.07 Å². The lowest BCUT2D eigenvalue weighted by Gasteiger charge is -2.38. The summed E-state index contributed by atoms with van der Waals surface area (Å²) in [6, 6.07) is 3.18. The number of piperidine rings is 1. The van der Waals surface area contributed by atoms with Gasteiger partial charge in [-0.25, -0.2) is 4.39 Å². The number of amides is 1. The van der Waals surface area contributed by atoms with Crippen LogP contribution in [0, 0.1) is 6.92 Å². The lowest BCUT2D eigenvalue weighted by atomic mass is 9.92. The molecule has 28 heavy (non-hydrogen) atoms. The lowest BCUT2D eigenvalue weighted by Crippen LogP contribution is -2.50. The average Bonchev–Trinajstić information content (AvgIpc) is 2.99. The number of carbonyl (C=O) groups excluding carboxylic acids is 1. The van der Waals surface area contributed by atoms with Gasteiger partial charge in [-0.05, 0) is 45.7 Å². The Balaban J connectivity index is 1.67. The third-order valence-electron chi connectivity index (χ3n) is 5.09. The molecule has 1 fully saturated rings. The third kappa shape index (κ3) is 4.59. The van der Waals surface area contributed by atoms with Crippen LogP contribution in [0.5, 0.6) is 0 Å². The van der Waals surface area contributed by atoms with Gasteiger partial charge in [0.25, 0.3) is 5.91 Å². The number of nitrogens with two attached hydrogens (primary N) is 1. The number of rotatable bonds is 5. The first kappa shape index (κ1) is 20.9. The van der Waals surface area contributed by atoms with Gasteiger partial charge in [0.1, 0.15) is 17.0 Å². The van der Waals surface area contributed by atoms with Crippen molar-refractivity contribution in [3.8, 4) is 0 Å². The minimum absolute atomic E-state index is 0.0919. The van der Waals surface area contributed by atoms with Gasteiger partial charge in [-0.3, -0.25) is 4.79 Å². The molecule has 1 aliphatic heterocycles. The number of nitrogens with zero attached hydrogens (tertiary/aromatic N) is 1. The van der Waals surface area contributed by atoms with Crippen molar-refractivity contribution in [3.05, 3.63) is 28.5 Å². The molecule has 1 aliphatic rings. The summed E-state index contributed by atoms with van der Waals surface area (Å²) in [7, 11) is 0. The number of alkyl halides is 1.